The Kier molecular flexibility index (Phi) is 3.99. The van der Waals surface area contributed by atoms with E-state index in [2.05, 4.69) is 10.1 Å². The Bertz CT molecular complexity index is 548. The number of aromatic nitrogens is 2. The Hall–Kier alpha value is -1.69. The van der Waals surface area contributed by atoms with Crippen LogP contribution in [-0.2, 0) is 0 Å². The van der Waals surface area contributed by atoms with Crippen LogP contribution in [0, 0.1) is 0 Å². The van der Waals surface area contributed by atoms with Gasteiger partial charge in [0.15, 0.2) is 5.69 Å². The van der Waals surface area contributed by atoms with Crippen LogP contribution in [0.4, 0.5) is 0 Å². The van der Waals surface area contributed by atoms with Gasteiger partial charge in [-0.25, -0.2) is 4.98 Å². The van der Waals surface area contributed by atoms with Crippen LogP contribution in [0.3, 0.4) is 0 Å². The molecule has 0 saturated heterocycles. The quantitative estimate of drug-likeness (QED) is 0.863. The molecule has 2 heterocycles. The summed E-state index contributed by atoms with van der Waals surface area (Å²) in [6.45, 7) is 5.94. The van der Waals surface area contributed by atoms with Gasteiger partial charge in [-0.05, 0) is 6.92 Å². The van der Waals surface area contributed by atoms with E-state index in [1.807, 2.05) is 26.2 Å². The van der Waals surface area contributed by atoms with Crippen molar-refractivity contribution in [1.82, 2.24) is 15.0 Å². The number of amides is 1. The minimum atomic E-state index is -0.154. The summed E-state index contributed by atoms with van der Waals surface area (Å²) >= 11 is 1.53. The normalized spacial score (nSPS) is 12.7. The van der Waals surface area contributed by atoms with Crippen LogP contribution in [0.5, 0.6) is 0 Å². The SMILES string of the molecule is CC(C)c1cc(C(=O)N(C)[C@H](C)c2nccs2)no1. The van der Waals surface area contributed by atoms with Gasteiger partial charge in [-0.1, -0.05) is 19.0 Å². The maximum Gasteiger partial charge on any atom is 0.276 e. The Morgan fingerprint density at radius 3 is 2.68 bits per heavy atom. The van der Waals surface area contributed by atoms with Crippen molar-refractivity contribution in [1.29, 1.82) is 0 Å². The van der Waals surface area contributed by atoms with Gasteiger partial charge in [0.2, 0.25) is 0 Å². The average molecular weight is 279 g/mol. The number of nitrogens with zero attached hydrogens (tertiary/aromatic N) is 3. The van der Waals surface area contributed by atoms with Crippen molar-refractivity contribution in [3.05, 3.63) is 34.1 Å². The second-order valence-corrected chi connectivity index (χ2v) is 5.66. The molecule has 0 spiro atoms. The Morgan fingerprint density at radius 2 is 2.16 bits per heavy atom. The van der Waals surface area contributed by atoms with Crippen molar-refractivity contribution in [2.24, 2.45) is 0 Å². The number of hydrogen-bond acceptors (Lipinski definition) is 5. The number of carbonyl (C=O) groups excluding carboxylic acids is 1. The van der Waals surface area contributed by atoms with Crippen LogP contribution < -0.4 is 0 Å². The Balaban J connectivity index is 2.14. The number of hydrogen-bond donors (Lipinski definition) is 0. The first-order chi connectivity index (χ1) is 9.00. The summed E-state index contributed by atoms with van der Waals surface area (Å²) in [5.41, 5.74) is 0.342. The standard InChI is InChI=1S/C13H17N3O2S/c1-8(2)11-7-10(15-18-11)13(17)16(4)9(3)12-14-5-6-19-12/h5-9H,1-4H3/t9-/m1/s1. The van der Waals surface area contributed by atoms with Crippen LogP contribution in [0.15, 0.2) is 22.2 Å². The van der Waals surface area contributed by atoms with Crippen LogP contribution in [0.1, 0.15) is 54.0 Å². The summed E-state index contributed by atoms with van der Waals surface area (Å²) in [5.74, 6) is 0.785. The fourth-order valence-corrected chi connectivity index (χ4v) is 2.36. The van der Waals surface area contributed by atoms with Gasteiger partial charge in [0, 0.05) is 30.6 Å². The summed E-state index contributed by atoms with van der Waals surface area (Å²) < 4.78 is 5.16. The zero-order chi connectivity index (χ0) is 14.0. The second kappa shape index (κ2) is 5.52. The van der Waals surface area contributed by atoms with Crippen molar-refractivity contribution in [2.75, 3.05) is 7.05 Å². The van der Waals surface area contributed by atoms with Crippen molar-refractivity contribution < 1.29 is 9.32 Å². The first-order valence-electron chi connectivity index (χ1n) is 6.14. The maximum absolute atomic E-state index is 12.3. The molecule has 0 aliphatic heterocycles. The van der Waals surface area contributed by atoms with E-state index in [0.29, 0.717) is 5.69 Å². The third-order valence-corrected chi connectivity index (χ3v) is 3.97. The highest BCUT2D eigenvalue weighted by atomic mass is 32.1. The van der Waals surface area contributed by atoms with Gasteiger partial charge in [0.1, 0.15) is 10.8 Å². The molecule has 19 heavy (non-hydrogen) atoms. The third kappa shape index (κ3) is 2.84. The lowest BCUT2D eigenvalue weighted by Crippen LogP contribution is -2.29. The lowest BCUT2D eigenvalue weighted by Gasteiger charge is -2.21. The van der Waals surface area contributed by atoms with Gasteiger partial charge >= 0.3 is 0 Å². The van der Waals surface area contributed by atoms with Crippen molar-refractivity contribution in [3.63, 3.8) is 0 Å². The molecule has 0 N–H and O–H groups in total. The van der Waals surface area contributed by atoms with E-state index >= 15 is 0 Å². The molecule has 0 aliphatic carbocycles. The lowest BCUT2D eigenvalue weighted by atomic mass is 10.1. The molecule has 0 aliphatic rings. The van der Waals surface area contributed by atoms with E-state index in [9.17, 15) is 4.79 Å². The molecule has 1 amide bonds. The molecule has 6 heteroatoms. The van der Waals surface area contributed by atoms with Gasteiger partial charge in [-0.2, -0.15) is 0 Å². The molecule has 102 valence electrons. The summed E-state index contributed by atoms with van der Waals surface area (Å²) in [7, 11) is 1.75. The highest BCUT2D eigenvalue weighted by Gasteiger charge is 2.23. The molecule has 0 saturated carbocycles. The smallest absolute Gasteiger partial charge is 0.276 e. The molecule has 2 aromatic heterocycles. The molecule has 0 radical (unpaired) electrons. The molecule has 0 aromatic carbocycles. The van der Waals surface area contributed by atoms with E-state index in [-0.39, 0.29) is 17.9 Å². The Morgan fingerprint density at radius 1 is 1.42 bits per heavy atom. The van der Waals surface area contributed by atoms with E-state index in [1.54, 1.807) is 24.2 Å². The van der Waals surface area contributed by atoms with Crippen LogP contribution >= 0.6 is 11.3 Å². The predicted octanol–water partition coefficient (Wildman–Crippen LogP) is 3.09. The van der Waals surface area contributed by atoms with E-state index in [1.165, 1.54) is 11.3 Å². The van der Waals surface area contributed by atoms with Gasteiger partial charge in [-0.15, -0.1) is 11.3 Å². The van der Waals surface area contributed by atoms with Gasteiger partial charge in [-0.3, -0.25) is 4.79 Å². The van der Waals surface area contributed by atoms with Crippen LogP contribution in [-0.4, -0.2) is 28.0 Å². The molecule has 1 atom stereocenters. The maximum atomic E-state index is 12.3. The van der Waals surface area contributed by atoms with Gasteiger partial charge < -0.3 is 9.42 Å². The first kappa shape index (κ1) is 13.7. The number of rotatable bonds is 4. The molecule has 5 nitrogen and oxygen atoms in total. The lowest BCUT2D eigenvalue weighted by molar-refractivity contribution is 0.0732. The van der Waals surface area contributed by atoms with E-state index < -0.39 is 0 Å². The Labute approximate surface area is 116 Å². The monoisotopic (exact) mass is 279 g/mol. The summed E-state index contributed by atoms with van der Waals surface area (Å²) in [4.78, 5) is 18.2. The topological polar surface area (TPSA) is 59.2 Å². The fourth-order valence-electron chi connectivity index (χ4n) is 1.63. The molecule has 0 bridgehead atoms. The zero-order valence-electron chi connectivity index (χ0n) is 11.5. The van der Waals surface area contributed by atoms with Crippen molar-refractivity contribution in [3.8, 4) is 0 Å². The van der Waals surface area contributed by atoms with E-state index in [0.717, 1.165) is 10.8 Å². The van der Waals surface area contributed by atoms with Crippen LogP contribution in [0.2, 0.25) is 0 Å². The minimum Gasteiger partial charge on any atom is -0.360 e. The number of carbonyl (C=O) groups is 1. The van der Waals surface area contributed by atoms with Gasteiger partial charge in [0.25, 0.3) is 5.91 Å². The highest BCUT2D eigenvalue weighted by Crippen LogP contribution is 2.23. The van der Waals surface area contributed by atoms with Gasteiger partial charge in [0.05, 0.1) is 6.04 Å². The molecule has 0 fully saturated rings. The molecular weight excluding hydrogens is 262 g/mol. The second-order valence-electron chi connectivity index (χ2n) is 4.73. The predicted molar refractivity (Wildman–Crippen MR) is 73.2 cm³/mol. The van der Waals surface area contributed by atoms with Crippen LogP contribution in [0.25, 0.3) is 0 Å². The fraction of sp³-hybridized carbons (Fsp3) is 0.462. The first-order valence-corrected chi connectivity index (χ1v) is 7.01. The largest absolute Gasteiger partial charge is 0.360 e. The molecule has 2 rings (SSSR count). The third-order valence-electron chi connectivity index (χ3n) is 3.03. The summed E-state index contributed by atoms with van der Waals surface area (Å²) in [5, 5.41) is 6.64. The minimum absolute atomic E-state index is 0.0771. The molecular formula is C13H17N3O2S. The zero-order valence-corrected chi connectivity index (χ0v) is 12.3. The van der Waals surface area contributed by atoms with Crippen molar-refractivity contribution >= 4 is 17.2 Å². The van der Waals surface area contributed by atoms with Crippen molar-refractivity contribution in [2.45, 2.75) is 32.7 Å². The highest BCUT2D eigenvalue weighted by molar-refractivity contribution is 7.09. The summed E-state index contributed by atoms with van der Waals surface area (Å²) in [6, 6.07) is 1.63. The molecule has 0 unspecified atom stereocenters. The average Bonchev–Trinajstić information content (AvgIpc) is 3.06. The number of thiazole rings is 1. The summed E-state index contributed by atoms with van der Waals surface area (Å²) in [6.07, 6.45) is 1.74. The molecule has 2 aromatic rings. The van der Waals surface area contributed by atoms with E-state index in [4.69, 9.17) is 4.52 Å².